The molecule has 2 saturated heterocycles. The number of hydrogen-bond donors (Lipinski definition) is 5. The number of aliphatic hydroxyl groups is 1. The van der Waals surface area contributed by atoms with Gasteiger partial charge in [0.2, 0.25) is 5.91 Å². The molecule has 208 valence electrons. The van der Waals surface area contributed by atoms with Gasteiger partial charge in [-0.15, -0.1) is 0 Å². The van der Waals surface area contributed by atoms with Crippen molar-refractivity contribution in [2.24, 2.45) is 11.8 Å². The monoisotopic (exact) mass is 539 g/mol. The van der Waals surface area contributed by atoms with Gasteiger partial charge >= 0.3 is 5.97 Å². The molecule has 6 atom stereocenters. The van der Waals surface area contributed by atoms with Crippen LogP contribution in [0.15, 0.2) is 54.6 Å². The molecule has 11 heteroatoms. The van der Waals surface area contributed by atoms with Crippen molar-refractivity contribution in [3.05, 3.63) is 65.7 Å². The molecular weight excluding hydrogens is 506 g/mol. The van der Waals surface area contributed by atoms with Gasteiger partial charge in [0.1, 0.15) is 11.8 Å². The molecule has 11 nitrogen and oxygen atoms in total. The molecule has 5 N–H and O–H groups in total. The molecule has 3 amide bonds. The van der Waals surface area contributed by atoms with Gasteiger partial charge in [0.25, 0.3) is 11.8 Å². The molecule has 0 saturated carbocycles. The number of cyclic esters (lactones) is 1. The number of para-hydroxylation sites is 1. The van der Waals surface area contributed by atoms with E-state index >= 15 is 0 Å². The molecule has 0 spiro atoms. The third-order valence-corrected chi connectivity index (χ3v) is 7.10. The van der Waals surface area contributed by atoms with Crippen molar-refractivity contribution < 1.29 is 38.9 Å². The molecule has 2 aromatic rings. The Morgan fingerprint density at radius 2 is 1.64 bits per heavy atom. The Labute approximate surface area is 225 Å². The number of carbonyl (C=O) groups excluding carboxylic acids is 4. The Morgan fingerprint density at radius 1 is 0.974 bits per heavy atom. The highest BCUT2D eigenvalue weighted by Crippen LogP contribution is 2.23. The number of benzene rings is 2. The van der Waals surface area contributed by atoms with Crippen molar-refractivity contribution in [2.45, 2.75) is 50.6 Å². The van der Waals surface area contributed by atoms with E-state index in [1.165, 1.54) is 26.0 Å². The third kappa shape index (κ3) is 6.55. The van der Waals surface area contributed by atoms with Gasteiger partial charge in [-0.3, -0.25) is 19.2 Å². The predicted molar refractivity (Wildman–Crippen MR) is 138 cm³/mol. The first-order valence-electron chi connectivity index (χ1n) is 12.9. The molecule has 0 bridgehead atoms. The van der Waals surface area contributed by atoms with Crippen molar-refractivity contribution in [3.8, 4) is 5.75 Å². The van der Waals surface area contributed by atoms with Crippen molar-refractivity contribution in [3.63, 3.8) is 0 Å². The van der Waals surface area contributed by atoms with Crippen LogP contribution in [0.25, 0.3) is 0 Å². The SMILES string of the molecule is C[C@H]1NC(=O)C(C2COC2)OC(=O)[C@H](C)[C@H](O)[C@H](Cc2ccccc2)NC(=O)[C@H]1NC(=O)c1ccccc1O. The molecule has 2 aliphatic rings. The van der Waals surface area contributed by atoms with Gasteiger partial charge < -0.3 is 35.6 Å². The average molecular weight is 540 g/mol. The number of esters is 1. The van der Waals surface area contributed by atoms with Crippen molar-refractivity contribution in [2.75, 3.05) is 13.2 Å². The van der Waals surface area contributed by atoms with Crippen LogP contribution in [-0.2, 0) is 30.3 Å². The van der Waals surface area contributed by atoms with Gasteiger partial charge in [0.05, 0.1) is 48.8 Å². The normalized spacial score (nSPS) is 28.5. The summed E-state index contributed by atoms with van der Waals surface area (Å²) in [7, 11) is 0. The minimum absolute atomic E-state index is 0.0529. The standard InChI is InChI=1S/C28H33N3O8/c1-15-23(33)20(12-17-8-4-3-5-9-17)30-26(35)22(31-25(34)19-10-6-7-11-21(19)32)16(2)29-27(36)24(39-28(15)37)18-13-38-14-18/h3-11,15-16,18,20,22-24,32-33H,12-14H2,1-2H3,(H,29,36)(H,30,35)(H,31,34)/t15-,16-,20+,22+,23+,24?/m1/s1. The molecule has 0 aliphatic carbocycles. The lowest BCUT2D eigenvalue weighted by molar-refractivity contribution is -0.178. The van der Waals surface area contributed by atoms with Crippen LogP contribution < -0.4 is 16.0 Å². The number of aromatic hydroxyl groups is 1. The van der Waals surface area contributed by atoms with E-state index in [1.54, 1.807) is 12.1 Å². The van der Waals surface area contributed by atoms with Crippen LogP contribution >= 0.6 is 0 Å². The quantitative estimate of drug-likeness (QED) is 0.339. The number of amides is 3. The highest BCUT2D eigenvalue weighted by atomic mass is 16.6. The zero-order valence-corrected chi connectivity index (χ0v) is 21.7. The molecule has 0 radical (unpaired) electrons. The topological polar surface area (TPSA) is 163 Å². The Bertz CT molecular complexity index is 1200. The number of aliphatic hydroxyl groups excluding tert-OH is 1. The molecule has 2 aromatic carbocycles. The number of phenols is 1. The summed E-state index contributed by atoms with van der Waals surface area (Å²) in [6.07, 6.45) is -2.38. The van der Waals surface area contributed by atoms with Crippen LogP contribution in [0.2, 0.25) is 0 Å². The minimum atomic E-state index is -1.37. The Hall–Kier alpha value is -3.96. The second kappa shape index (κ2) is 12.3. The van der Waals surface area contributed by atoms with Crippen molar-refractivity contribution >= 4 is 23.7 Å². The first kappa shape index (κ1) is 28.1. The minimum Gasteiger partial charge on any atom is -0.507 e. The van der Waals surface area contributed by atoms with Gasteiger partial charge in [-0.2, -0.15) is 0 Å². The highest BCUT2D eigenvalue weighted by molar-refractivity contribution is 6.00. The number of carbonyl (C=O) groups is 4. The van der Waals surface area contributed by atoms with E-state index in [0.717, 1.165) is 5.56 Å². The van der Waals surface area contributed by atoms with Crippen LogP contribution in [0.4, 0.5) is 0 Å². The van der Waals surface area contributed by atoms with Crippen LogP contribution in [0.1, 0.15) is 29.8 Å². The maximum atomic E-state index is 13.6. The summed E-state index contributed by atoms with van der Waals surface area (Å²) in [5, 5.41) is 29.4. The largest absolute Gasteiger partial charge is 0.507 e. The number of phenolic OH excluding ortho intramolecular Hbond substituents is 1. The van der Waals surface area contributed by atoms with E-state index in [0.29, 0.717) is 0 Å². The lowest BCUT2D eigenvalue weighted by Crippen LogP contribution is -2.63. The second-order valence-electron chi connectivity index (χ2n) is 10.0. The molecule has 2 aliphatic heterocycles. The van der Waals surface area contributed by atoms with Crippen LogP contribution in [0.3, 0.4) is 0 Å². The molecule has 1 unspecified atom stereocenters. The molecule has 2 heterocycles. The average Bonchev–Trinajstić information content (AvgIpc) is 2.89. The molecular formula is C28H33N3O8. The van der Waals surface area contributed by atoms with E-state index in [-0.39, 0.29) is 30.9 Å². The van der Waals surface area contributed by atoms with Gasteiger partial charge in [0, 0.05) is 0 Å². The van der Waals surface area contributed by atoms with Crippen molar-refractivity contribution in [1.82, 2.24) is 16.0 Å². The zero-order valence-electron chi connectivity index (χ0n) is 21.7. The molecule has 39 heavy (non-hydrogen) atoms. The van der Waals surface area contributed by atoms with Gasteiger partial charge in [-0.25, -0.2) is 0 Å². The van der Waals surface area contributed by atoms with Gasteiger partial charge in [-0.1, -0.05) is 42.5 Å². The van der Waals surface area contributed by atoms with Crippen LogP contribution in [-0.4, -0.2) is 77.5 Å². The van der Waals surface area contributed by atoms with E-state index in [2.05, 4.69) is 16.0 Å². The fourth-order valence-corrected chi connectivity index (χ4v) is 4.60. The number of nitrogens with one attached hydrogen (secondary N) is 3. The number of ether oxygens (including phenoxy) is 2. The zero-order chi connectivity index (χ0) is 28.1. The number of rotatable bonds is 5. The van der Waals surface area contributed by atoms with Crippen molar-refractivity contribution in [1.29, 1.82) is 0 Å². The molecule has 2 fully saturated rings. The summed E-state index contributed by atoms with van der Waals surface area (Å²) in [5.41, 5.74) is 0.748. The summed E-state index contributed by atoms with van der Waals surface area (Å²) in [4.78, 5) is 52.9. The fraction of sp³-hybridized carbons (Fsp3) is 0.429. The lowest BCUT2D eigenvalue weighted by Gasteiger charge is -2.36. The molecule has 0 aromatic heterocycles. The van der Waals surface area contributed by atoms with E-state index in [1.807, 2.05) is 30.3 Å². The first-order chi connectivity index (χ1) is 18.7. The second-order valence-corrected chi connectivity index (χ2v) is 10.0. The summed E-state index contributed by atoms with van der Waals surface area (Å²) in [5.74, 6) is -4.59. The van der Waals surface area contributed by atoms with E-state index < -0.39 is 65.9 Å². The maximum Gasteiger partial charge on any atom is 0.312 e. The molecule has 4 rings (SSSR count). The Kier molecular flexibility index (Phi) is 8.82. The summed E-state index contributed by atoms with van der Waals surface area (Å²) in [6.45, 7) is 3.41. The van der Waals surface area contributed by atoms with Crippen LogP contribution in [0.5, 0.6) is 5.75 Å². The predicted octanol–water partition coefficient (Wildman–Crippen LogP) is 0.292. The third-order valence-electron chi connectivity index (χ3n) is 7.10. The van der Waals surface area contributed by atoms with Gasteiger partial charge in [0.15, 0.2) is 6.10 Å². The van der Waals surface area contributed by atoms with Gasteiger partial charge in [-0.05, 0) is 38.0 Å². The Balaban J connectivity index is 1.67. The summed E-state index contributed by atoms with van der Waals surface area (Å²) < 4.78 is 10.8. The number of hydrogen-bond acceptors (Lipinski definition) is 8. The summed E-state index contributed by atoms with van der Waals surface area (Å²) >= 11 is 0. The lowest BCUT2D eigenvalue weighted by atomic mass is 9.91. The van der Waals surface area contributed by atoms with E-state index in [9.17, 15) is 29.4 Å². The fourth-order valence-electron chi connectivity index (χ4n) is 4.60. The Morgan fingerprint density at radius 3 is 2.28 bits per heavy atom. The highest BCUT2D eigenvalue weighted by Gasteiger charge is 2.42. The first-order valence-corrected chi connectivity index (χ1v) is 12.9. The smallest absolute Gasteiger partial charge is 0.312 e. The maximum absolute atomic E-state index is 13.6. The van der Waals surface area contributed by atoms with Crippen LogP contribution in [0, 0.1) is 11.8 Å². The summed E-state index contributed by atoms with van der Waals surface area (Å²) in [6, 6.07) is 11.8. The van der Waals surface area contributed by atoms with E-state index in [4.69, 9.17) is 9.47 Å².